The van der Waals surface area contributed by atoms with Crippen molar-refractivity contribution in [1.29, 1.82) is 0 Å². The summed E-state index contributed by atoms with van der Waals surface area (Å²) in [4.78, 5) is 38.4. The maximum Gasteiger partial charge on any atom is 0.255 e. The number of carbonyl (C=O) groups excluding carboxylic acids is 3. The van der Waals surface area contributed by atoms with E-state index in [1.54, 1.807) is 0 Å². The number of benzene rings is 1. The minimum absolute atomic E-state index is 0.0134. The van der Waals surface area contributed by atoms with Gasteiger partial charge in [-0.2, -0.15) is 0 Å². The van der Waals surface area contributed by atoms with E-state index in [2.05, 4.69) is 33.0 Å². The molecule has 0 saturated heterocycles. The van der Waals surface area contributed by atoms with Gasteiger partial charge in [0.25, 0.3) is 5.91 Å². The summed E-state index contributed by atoms with van der Waals surface area (Å²) in [7, 11) is 0. The second-order valence-electron chi connectivity index (χ2n) is 13.0. The van der Waals surface area contributed by atoms with Crippen LogP contribution in [0, 0.1) is 40.8 Å². The Hall–Kier alpha value is -3.24. The SMILES string of the molecule is CC[C@H](CNCc1cc(O)c2c(c1F)CC1C[C@H]3CC(O)=C(C(N)=O)C(=O)[C@@]3(O)C(O)=C1C2=O)C1CC(C)C1(C)C. The minimum Gasteiger partial charge on any atom is -0.511 e. The molecule has 9 nitrogen and oxygen atoms in total. The van der Waals surface area contributed by atoms with Crippen molar-refractivity contribution in [3.05, 3.63) is 51.2 Å². The molecule has 0 bridgehead atoms. The van der Waals surface area contributed by atoms with Crippen LogP contribution in [0.5, 0.6) is 5.75 Å². The number of phenols is 1. The van der Waals surface area contributed by atoms with Gasteiger partial charge in [-0.15, -0.1) is 0 Å². The van der Waals surface area contributed by atoms with Gasteiger partial charge in [0.15, 0.2) is 11.4 Å². The summed E-state index contributed by atoms with van der Waals surface area (Å²) in [6.07, 6.45) is 1.71. The molecule has 1 fully saturated rings. The van der Waals surface area contributed by atoms with Gasteiger partial charge in [-0.1, -0.05) is 34.1 Å². The van der Waals surface area contributed by atoms with Gasteiger partial charge < -0.3 is 31.5 Å². The molecule has 0 aliphatic heterocycles. The summed E-state index contributed by atoms with van der Waals surface area (Å²) in [5, 5.41) is 46.9. The van der Waals surface area contributed by atoms with E-state index in [1.165, 1.54) is 6.07 Å². The molecule has 0 radical (unpaired) electrons. The number of aromatic hydroxyl groups is 1. The van der Waals surface area contributed by atoms with Crippen molar-refractivity contribution in [2.24, 2.45) is 40.7 Å². The number of fused-ring (bicyclic) bond motifs is 3. The Bertz CT molecular complexity index is 1410. The summed E-state index contributed by atoms with van der Waals surface area (Å²) in [6.45, 7) is 9.84. The van der Waals surface area contributed by atoms with Crippen molar-refractivity contribution >= 4 is 17.5 Å². The van der Waals surface area contributed by atoms with Crippen LogP contribution in [0.2, 0.25) is 0 Å². The molecule has 5 rings (SSSR count). The average Bonchev–Trinajstić information content (AvgIpc) is 2.90. The fourth-order valence-corrected chi connectivity index (χ4v) is 7.81. The minimum atomic E-state index is -2.64. The number of amides is 1. The van der Waals surface area contributed by atoms with E-state index in [-0.39, 0.29) is 53.5 Å². The number of halogens is 1. The van der Waals surface area contributed by atoms with Gasteiger partial charge in [0, 0.05) is 35.6 Å². The third kappa shape index (κ3) is 4.21. The van der Waals surface area contributed by atoms with Crippen LogP contribution in [0.15, 0.2) is 28.7 Å². The molecule has 3 unspecified atom stereocenters. The normalized spacial score (nSPS) is 31.3. The number of phenolic OH excluding ortho intramolecular Hbond substituents is 1. The molecule has 0 spiro atoms. The molecule has 41 heavy (non-hydrogen) atoms. The number of allylic oxidation sites excluding steroid dienone is 2. The molecule has 6 atom stereocenters. The molecule has 4 aliphatic carbocycles. The highest BCUT2D eigenvalue weighted by molar-refractivity contribution is 6.24. The van der Waals surface area contributed by atoms with Gasteiger partial charge >= 0.3 is 0 Å². The summed E-state index contributed by atoms with van der Waals surface area (Å²) < 4.78 is 15.9. The zero-order valence-corrected chi connectivity index (χ0v) is 23.9. The van der Waals surface area contributed by atoms with Crippen LogP contribution in [-0.4, -0.2) is 50.0 Å². The highest BCUT2D eigenvalue weighted by atomic mass is 19.1. The van der Waals surface area contributed by atoms with Crippen molar-refractivity contribution in [2.75, 3.05) is 6.54 Å². The van der Waals surface area contributed by atoms with Gasteiger partial charge in [0.05, 0.1) is 5.56 Å². The summed E-state index contributed by atoms with van der Waals surface area (Å²) in [5.41, 5.74) is 1.59. The van der Waals surface area contributed by atoms with Gasteiger partial charge in [-0.25, -0.2) is 4.39 Å². The first-order valence-electron chi connectivity index (χ1n) is 14.4. The Labute approximate surface area is 238 Å². The maximum absolute atomic E-state index is 15.9. The van der Waals surface area contributed by atoms with Crippen LogP contribution in [-0.2, 0) is 22.6 Å². The number of Topliss-reactive ketones (excluding diaryl/α,β-unsaturated/α-hetero) is 2. The van der Waals surface area contributed by atoms with Crippen molar-refractivity contribution in [2.45, 2.75) is 71.9 Å². The van der Waals surface area contributed by atoms with Crippen LogP contribution in [0.3, 0.4) is 0 Å². The number of rotatable bonds is 7. The van der Waals surface area contributed by atoms with E-state index in [0.29, 0.717) is 24.3 Å². The quantitative estimate of drug-likeness (QED) is 0.271. The molecular weight excluding hydrogens is 531 g/mol. The molecule has 0 heterocycles. The van der Waals surface area contributed by atoms with Crippen LogP contribution in [0.4, 0.5) is 4.39 Å². The van der Waals surface area contributed by atoms with E-state index in [4.69, 9.17) is 5.73 Å². The highest BCUT2D eigenvalue weighted by Gasteiger charge is 2.59. The average molecular weight is 571 g/mol. The summed E-state index contributed by atoms with van der Waals surface area (Å²) >= 11 is 0. The third-order valence-corrected chi connectivity index (χ3v) is 10.7. The number of nitrogens with one attached hydrogen (secondary N) is 1. The smallest absolute Gasteiger partial charge is 0.255 e. The number of hydrogen-bond acceptors (Lipinski definition) is 8. The van der Waals surface area contributed by atoms with E-state index in [0.717, 1.165) is 12.8 Å². The predicted octanol–water partition coefficient (Wildman–Crippen LogP) is 3.52. The van der Waals surface area contributed by atoms with Crippen LogP contribution in [0.25, 0.3) is 0 Å². The fraction of sp³-hybridized carbons (Fsp3) is 0.581. The highest BCUT2D eigenvalue weighted by Crippen LogP contribution is 2.55. The number of aliphatic hydroxyl groups is 3. The first-order valence-corrected chi connectivity index (χ1v) is 14.4. The predicted molar refractivity (Wildman–Crippen MR) is 147 cm³/mol. The lowest BCUT2D eigenvalue weighted by molar-refractivity contribution is -0.144. The molecular formula is C31H39FN2O7. The third-order valence-electron chi connectivity index (χ3n) is 10.7. The first-order chi connectivity index (χ1) is 19.2. The van der Waals surface area contributed by atoms with Crippen LogP contribution < -0.4 is 11.1 Å². The second-order valence-corrected chi connectivity index (χ2v) is 13.0. The van der Waals surface area contributed by atoms with Crippen LogP contribution in [0.1, 0.15) is 74.9 Å². The molecule has 1 aromatic carbocycles. The summed E-state index contributed by atoms with van der Waals surface area (Å²) in [5.74, 6) is -6.27. The molecule has 0 aromatic heterocycles. The Balaban J connectivity index is 1.42. The lowest BCUT2D eigenvalue weighted by atomic mass is 9.51. The van der Waals surface area contributed by atoms with Crippen molar-refractivity contribution < 1.29 is 39.2 Å². The first kappa shape index (κ1) is 29.3. The van der Waals surface area contributed by atoms with E-state index >= 15 is 4.39 Å². The Morgan fingerprint density at radius 1 is 1.20 bits per heavy atom. The molecule has 1 saturated carbocycles. The number of aliphatic hydroxyl groups excluding tert-OH is 2. The van der Waals surface area contributed by atoms with Crippen molar-refractivity contribution in [1.82, 2.24) is 5.32 Å². The fourth-order valence-electron chi connectivity index (χ4n) is 7.81. The number of nitrogens with two attached hydrogens (primary N) is 1. The monoisotopic (exact) mass is 570 g/mol. The number of carbonyl (C=O) groups is 3. The van der Waals surface area contributed by atoms with Gasteiger partial charge in [0.2, 0.25) is 5.78 Å². The van der Waals surface area contributed by atoms with Gasteiger partial charge in [0.1, 0.15) is 28.7 Å². The molecule has 10 heteroatoms. The Morgan fingerprint density at radius 3 is 2.46 bits per heavy atom. The second kappa shape index (κ2) is 9.94. The standard InChI is InChI=1S/C31H39FN2O7/c1-5-14(19-6-13(2)30(19,3)4)11-34-12-16-9-20(35)23-18(25(16)32)8-15-7-17-10-21(36)24(29(33)40)28(39)31(17,41)27(38)22(15)26(23)37/h9,13-15,17,19,34-36,38,41H,5-8,10-12H2,1-4H3,(H2,33,40)/t13?,14-,15?,17+,19?,31+/m1/s1. The Morgan fingerprint density at radius 2 is 1.88 bits per heavy atom. The van der Waals surface area contributed by atoms with Crippen molar-refractivity contribution in [3.8, 4) is 5.75 Å². The number of ketones is 2. The lowest BCUT2D eigenvalue weighted by Crippen LogP contribution is -2.57. The van der Waals surface area contributed by atoms with E-state index in [1.807, 2.05) is 0 Å². The summed E-state index contributed by atoms with van der Waals surface area (Å²) in [6, 6.07) is 1.20. The van der Waals surface area contributed by atoms with Gasteiger partial charge in [-0.05, 0) is 61.0 Å². The van der Waals surface area contributed by atoms with Gasteiger partial charge in [-0.3, -0.25) is 14.4 Å². The topological polar surface area (TPSA) is 170 Å². The molecule has 1 amide bonds. The zero-order chi connectivity index (χ0) is 30.2. The number of primary amides is 1. The maximum atomic E-state index is 15.9. The number of hydrogen-bond donors (Lipinski definition) is 6. The Kier molecular flexibility index (Phi) is 7.10. The lowest BCUT2D eigenvalue weighted by Gasteiger charge is -2.54. The molecule has 4 aliphatic rings. The zero-order valence-electron chi connectivity index (χ0n) is 23.9. The van der Waals surface area contributed by atoms with E-state index in [9.17, 15) is 34.8 Å². The van der Waals surface area contributed by atoms with Crippen LogP contribution >= 0.6 is 0 Å². The largest absolute Gasteiger partial charge is 0.511 e. The molecule has 222 valence electrons. The molecule has 1 aromatic rings. The van der Waals surface area contributed by atoms with Crippen molar-refractivity contribution in [3.63, 3.8) is 0 Å². The van der Waals surface area contributed by atoms with E-state index < -0.39 is 63.6 Å². The molecule has 7 N–H and O–H groups in total.